The fraction of sp³-hybridized carbons (Fsp3) is 0.625. The van der Waals surface area contributed by atoms with Gasteiger partial charge in [0.15, 0.2) is 0 Å². The van der Waals surface area contributed by atoms with Crippen molar-refractivity contribution in [2.45, 2.75) is 25.0 Å². The summed E-state index contributed by atoms with van der Waals surface area (Å²) in [4.78, 5) is 2.58. The van der Waals surface area contributed by atoms with Gasteiger partial charge in [-0.05, 0) is 31.5 Å². The molecule has 3 rings (SSSR count). The molecule has 2 atom stereocenters. The van der Waals surface area contributed by atoms with E-state index in [9.17, 15) is 0 Å². The zero-order chi connectivity index (χ0) is 13.6. The molecule has 110 valence electrons. The summed E-state index contributed by atoms with van der Waals surface area (Å²) in [6.45, 7) is 5.72. The van der Waals surface area contributed by atoms with Gasteiger partial charge in [0.1, 0.15) is 12.4 Å². The van der Waals surface area contributed by atoms with Crippen molar-refractivity contribution in [1.82, 2.24) is 10.2 Å². The molecule has 4 heteroatoms. The Hall–Kier alpha value is -1.10. The standard InChI is InChI=1S/C16H24N2O2/c1-2-6-15(7-3-1)19-10-8-17-11-16-12-18-9-4-5-14(18)13-20-16/h1-3,6-7,14,16-17H,4-5,8-13H2. The summed E-state index contributed by atoms with van der Waals surface area (Å²) < 4.78 is 11.6. The number of rotatable bonds is 6. The Labute approximate surface area is 121 Å². The van der Waals surface area contributed by atoms with Crippen LogP contribution in [0.25, 0.3) is 0 Å². The van der Waals surface area contributed by atoms with Gasteiger partial charge >= 0.3 is 0 Å². The third-order valence-electron chi connectivity index (χ3n) is 4.12. The summed E-state index contributed by atoms with van der Waals surface area (Å²) in [6, 6.07) is 10.6. The third kappa shape index (κ3) is 3.72. The van der Waals surface area contributed by atoms with Crippen LogP contribution in [0.15, 0.2) is 30.3 Å². The zero-order valence-corrected chi connectivity index (χ0v) is 12.0. The van der Waals surface area contributed by atoms with E-state index in [1.807, 2.05) is 30.3 Å². The number of fused-ring (bicyclic) bond motifs is 1. The lowest BCUT2D eigenvalue weighted by Gasteiger charge is -2.35. The van der Waals surface area contributed by atoms with Gasteiger partial charge in [-0.1, -0.05) is 18.2 Å². The van der Waals surface area contributed by atoms with Crippen LogP contribution in [-0.2, 0) is 4.74 Å². The molecular formula is C16H24N2O2. The Balaban J connectivity index is 1.28. The Bertz CT molecular complexity index is 399. The van der Waals surface area contributed by atoms with E-state index in [1.54, 1.807) is 0 Å². The number of hydrogen-bond acceptors (Lipinski definition) is 4. The highest BCUT2D eigenvalue weighted by atomic mass is 16.5. The number of nitrogens with zero attached hydrogens (tertiary/aromatic N) is 1. The van der Waals surface area contributed by atoms with Crippen molar-refractivity contribution >= 4 is 0 Å². The maximum atomic E-state index is 5.91. The first-order valence-electron chi connectivity index (χ1n) is 7.66. The molecule has 1 aromatic rings. The number of nitrogens with one attached hydrogen (secondary N) is 1. The summed E-state index contributed by atoms with van der Waals surface area (Å²) in [5.41, 5.74) is 0. The molecule has 4 nitrogen and oxygen atoms in total. The van der Waals surface area contributed by atoms with Gasteiger partial charge in [-0.3, -0.25) is 4.90 Å². The van der Waals surface area contributed by atoms with Gasteiger partial charge in [-0.15, -0.1) is 0 Å². The first-order chi connectivity index (χ1) is 9.92. The molecule has 0 amide bonds. The van der Waals surface area contributed by atoms with E-state index in [0.717, 1.165) is 32.0 Å². The fourth-order valence-corrected chi connectivity index (χ4v) is 3.03. The van der Waals surface area contributed by atoms with Gasteiger partial charge in [-0.2, -0.15) is 0 Å². The van der Waals surface area contributed by atoms with E-state index in [0.29, 0.717) is 18.8 Å². The molecule has 0 bridgehead atoms. The normalized spacial score (nSPS) is 26.4. The number of benzene rings is 1. The monoisotopic (exact) mass is 276 g/mol. The number of hydrogen-bond donors (Lipinski definition) is 1. The van der Waals surface area contributed by atoms with Crippen LogP contribution in [0.4, 0.5) is 0 Å². The highest BCUT2D eigenvalue weighted by Gasteiger charge is 2.31. The van der Waals surface area contributed by atoms with Crippen LogP contribution in [0.1, 0.15) is 12.8 Å². The fourth-order valence-electron chi connectivity index (χ4n) is 3.03. The van der Waals surface area contributed by atoms with Crippen molar-refractivity contribution in [3.05, 3.63) is 30.3 Å². The average Bonchev–Trinajstić information content (AvgIpc) is 2.95. The second-order valence-electron chi connectivity index (χ2n) is 5.61. The summed E-state index contributed by atoms with van der Waals surface area (Å²) in [6.07, 6.45) is 2.98. The molecule has 0 spiro atoms. The molecule has 2 saturated heterocycles. The number of morpholine rings is 1. The van der Waals surface area contributed by atoms with Gasteiger partial charge in [0, 0.05) is 25.7 Å². The molecule has 2 aliphatic heterocycles. The Morgan fingerprint density at radius 1 is 1.30 bits per heavy atom. The van der Waals surface area contributed by atoms with E-state index >= 15 is 0 Å². The largest absolute Gasteiger partial charge is 0.492 e. The Morgan fingerprint density at radius 3 is 3.10 bits per heavy atom. The molecule has 0 saturated carbocycles. The average molecular weight is 276 g/mol. The van der Waals surface area contributed by atoms with Gasteiger partial charge in [0.2, 0.25) is 0 Å². The molecule has 1 N–H and O–H groups in total. The minimum absolute atomic E-state index is 0.334. The zero-order valence-electron chi connectivity index (χ0n) is 12.0. The van der Waals surface area contributed by atoms with Crippen LogP contribution in [0.3, 0.4) is 0 Å². The van der Waals surface area contributed by atoms with Crippen molar-refractivity contribution in [3.8, 4) is 5.75 Å². The van der Waals surface area contributed by atoms with Crippen LogP contribution in [0.2, 0.25) is 0 Å². The minimum atomic E-state index is 0.334. The highest BCUT2D eigenvalue weighted by Crippen LogP contribution is 2.22. The molecule has 2 heterocycles. The first kappa shape index (κ1) is 13.9. The Morgan fingerprint density at radius 2 is 2.20 bits per heavy atom. The molecule has 0 aliphatic carbocycles. The lowest BCUT2D eigenvalue weighted by atomic mass is 10.2. The van der Waals surface area contributed by atoms with Crippen LogP contribution >= 0.6 is 0 Å². The summed E-state index contributed by atoms with van der Waals surface area (Å²) in [5, 5.41) is 3.43. The number of para-hydroxylation sites is 1. The van der Waals surface area contributed by atoms with Gasteiger partial charge < -0.3 is 14.8 Å². The van der Waals surface area contributed by atoms with Crippen molar-refractivity contribution < 1.29 is 9.47 Å². The minimum Gasteiger partial charge on any atom is -0.492 e. The first-order valence-corrected chi connectivity index (χ1v) is 7.66. The van der Waals surface area contributed by atoms with Crippen molar-refractivity contribution in [1.29, 1.82) is 0 Å². The van der Waals surface area contributed by atoms with Crippen LogP contribution < -0.4 is 10.1 Å². The smallest absolute Gasteiger partial charge is 0.119 e. The maximum absolute atomic E-state index is 5.91. The van der Waals surface area contributed by atoms with Crippen LogP contribution in [-0.4, -0.2) is 56.4 Å². The maximum Gasteiger partial charge on any atom is 0.119 e. The van der Waals surface area contributed by atoms with Crippen molar-refractivity contribution in [2.24, 2.45) is 0 Å². The molecule has 2 unspecified atom stereocenters. The van der Waals surface area contributed by atoms with Crippen molar-refractivity contribution in [2.75, 3.05) is 39.4 Å². The van der Waals surface area contributed by atoms with E-state index in [1.165, 1.54) is 19.4 Å². The van der Waals surface area contributed by atoms with E-state index < -0.39 is 0 Å². The van der Waals surface area contributed by atoms with Gasteiger partial charge in [-0.25, -0.2) is 0 Å². The number of ether oxygens (including phenoxy) is 2. The van der Waals surface area contributed by atoms with Crippen LogP contribution in [0, 0.1) is 0 Å². The van der Waals surface area contributed by atoms with E-state index in [4.69, 9.17) is 9.47 Å². The predicted octanol–water partition coefficient (Wildman–Crippen LogP) is 1.52. The molecular weight excluding hydrogens is 252 g/mol. The van der Waals surface area contributed by atoms with Crippen LogP contribution in [0.5, 0.6) is 5.75 Å². The molecule has 0 aromatic heterocycles. The van der Waals surface area contributed by atoms with Crippen molar-refractivity contribution in [3.63, 3.8) is 0 Å². The van der Waals surface area contributed by atoms with Gasteiger partial charge in [0.25, 0.3) is 0 Å². The topological polar surface area (TPSA) is 33.7 Å². The second kappa shape index (κ2) is 7.07. The highest BCUT2D eigenvalue weighted by molar-refractivity contribution is 5.20. The van der Waals surface area contributed by atoms with Gasteiger partial charge in [0.05, 0.1) is 12.7 Å². The molecule has 0 radical (unpaired) electrons. The molecule has 20 heavy (non-hydrogen) atoms. The quantitative estimate of drug-likeness (QED) is 0.799. The molecule has 2 aliphatic rings. The predicted molar refractivity (Wildman–Crippen MR) is 79.1 cm³/mol. The molecule has 1 aromatic carbocycles. The third-order valence-corrected chi connectivity index (χ3v) is 4.12. The second-order valence-corrected chi connectivity index (χ2v) is 5.61. The Kier molecular flexibility index (Phi) is 4.90. The molecule has 2 fully saturated rings. The van der Waals surface area contributed by atoms with E-state index in [2.05, 4.69) is 10.2 Å². The summed E-state index contributed by atoms with van der Waals surface area (Å²) in [5.74, 6) is 0.933. The SMILES string of the molecule is c1ccc(OCCNCC2CN3CCCC3CO2)cc1. The van der Waals surface area contributed by atoms with E-state index in [-0.39, 0.29) is 0 Å². The lowest BCUT2D eigenvalue weighted by Crippen LogP contribution is -2.49. The summed E-state index contributed by atoms with van der Waals surface area (Å²) >= 11 is 0. The lowest BCUT2D eigenvalue weighted by molar-refractivity contribution is -0.0470. The summed E-state index contributed by atoms with van der Waals surface area (Å²) in [7, 11) is 0.